The number of benzene rings is 1. The Bertz CT molecular complexity index is 554. The quantitative estimate of drug-likeness (QED) is 0.846. The third kappa shape index (κ3) is 3.60. The maximum absolute atomic E-state index is 5.14. The zero-order chi connectivity index (χ0) is 14.4. The van der Waals surface area contributed by atoms with Crippen LogP contribution in [-0.4, -0.2) is 30.7 Å². The Morgan fingerprint density at radius 1 is 1.20 bits per heavy atom. The van der Waals surface area contributed by atoms with Gasteiger partial charge in [0.05, 0.1) is 7.11 Å². The summed E-state index contributed by atoms with van der Waals surface area (Å²) in [6, 6.07) is 8.10. The lowest BCUT2D eigenvalue weighted by atomic mass is 10.1. The van der Waals surface area contributed by atoms with Crippen LogP contribution >= 0.6 is 0 Å². The van der Waals surface area contributed by atoms with Crippen molar-refractivity contribution in [2.45, 2.75) is 13.3 Å². The van der Waals surface area contributed by atoms with Crippen molar-refractivity contribution in [1.82, 2.24) is 9.97 Å². The van der Waals surface area contributed by atoms with Crippen molar-refractivity contribution < 1.29 is 4.74 Å². The molecule has 2 N–H and O–H groups in total. The predicted octanol–water partition coefficient (Wildman–Crippen LogP) is 2.49. The SMILES string of the molecule is CNc1ncc(C)c(NCCc2ccc(OC)cc2)n1. The number of aryl methyl sites for hydroxylation is 1. The number of hydrogen-bond acceptors (Lipinski definition) is 5. The van der Waals surface area contributed by atoms with E-state index in [2.05, 4.69) is 32.7 Å². The molecule has 0 saturated carbocycles. The first-order valence-electron chi connectivity index (χ1n) is 6.61. The van der Waals surface area contributed by atoms with Gasteiger partial charge in [-0.2, -0.15) is 4.98 Å². The second-order valence-corrected chi connectivity index (χ2v) is 4.50. The molecule has 0 atom stereocenters. The topological polar surface area (TPSA) is 59.1 Å². The molecular formula is C15H20N4O. The standard InChI is InChI=1S/C15H20N4O/c1-11-10-18-15(16-2)19-14(11)17-9-8-12-4-6-13(20-3)7-5-12/h4-7,10H,8-9H2,1-3H3,(H2,16,17,18,19). The molecule has 0 fully saturated rings. The largest absolute Gasteiger partial charge is 0.497 e. The molecule has 0 bridgehead atoms. The Balaban J connectivity index is 1.91. The summed E-state index contributed by atoms with van der Waals surface area (Å²) in [5, 5.41) is 6.28. The summed E-state index contributed by atoms with van der Waals surface area (Å²) < 4.78 is 5.14. The number of hydrogen-bond donors (Lipinski definition) is 2. The van der Waals surface area contributed by atoms with Gasteiger partial charge in [0, 0.05) is 25.4 Å². The molecule has 0 amide bonds. The van der Waals surface area contributed by atoms with E-state index in [4.69, 9.17) is 4.74 Å². The van der Waals surface area contributed by atoms with Crippen molar-refractivity contribution in [2.24, 2.45) is 0 Å². The van der Waals surface area contributed by atoms with Gasteiger partial charge in [0.2, 0.25) is 5.95 Å². The van der Waals surface area contributed by atoms with E-state index in [1.807, 2.05) is 32.3 Å². The van der Waals surface area contributed by atoms with E-state index in [9.17, 15) is 0 Å². The van der Waals surface area contributed by atoms with Gasteiger partial charge in [-0.05, 0) is 31.0 Å². The van der Waals surface area contributed by atoms with Crippen LogP contribution in [0.2, 0.25) is 0 Å². The third-order valence-corrected chi connectivity index (χ3v) is 3.06. The highest BCUT2D eigenvalue weighted by molar-refractivity contribution is 5.46. The molecule has 5 heteroatoms. The minimum absolute atomic E-state index is 0.627. The summed E-state index contributed by atoms with van der Waals surface area (Å²) in [7, 11) is 3.49. The molecule has 5 nitrogen and oxygen atoms in total. The lowest BCUT2D eigenvalue weighted by Gasteiger charge is -2.10. The average molecular weight is 272 g/mol. The van der Waals surface area contributed by atoms with Gasteiger partial charge in [-0.3, -0.25) is 0 Å². The Labute approximate surface area is 119 Å². The first kappa shape index (κ1) is 14.1. The van der Waals surface area contributed by atoms with Gasteiger partial charge < -0.3 is 15.4 Å². The second kappa shape index (κ2) is 6.75. The first-order valence-corrected chi connectivity index (χ1v) is 6.61. The highest BCUT2D eigenvalue weighted by Gasteiger charge is 2.02. The molecule has 0 aliphatic rings. The number of nitrogens with zero attached hydrogens (tertiary/aromatic N) is 2. The second-order valence-electron chi connectivity index (χ2n) is 4.50. The van der Waals surface area contributed by atoms with Crippen LogP contribution < -0.4 is 15.4 Å². The smallest absolute Gasteiger partial charge is 0.224 e. The number of rotatable bonds is 6. The van der Waals surface area contributed by atoms with Crippen LogP contribution in [0.15, 0.2) is 30.5 Å². The summed E-state index contributed by atoms with van der Waals surface area (Å²) >= 11 is 0. The Morgan fingerprint density at radius 3 is 2.60 bits per heavy atom. The van der Waals surface area contributed by atoms with E-state index in [0.717, 1.165) is 30.1 Å². The Morgan fingerprint density at radius 2 is 1.95 bits per heavy atom. The molecule has 2 rings (SSSR count). The van der Waals surface area contributed by atoms with Crippen LogP contribution in [0.5, 0.6) is 5.75 Å². The van der Waals surface area contributed by atoms with Gasteiger partial charge in [0.25, 0.3) is 0 Å². The highest BCUT2D eigenvalue weighted by Crippen LogP contribution is 2.14. The summed E-state index contributed by atoms with van der Waals surface area (Å²) in [5.74, 6) is 2.38. The van der Waals surface area contributed by atoms with Crippen LogP contribution in [0.4, 0.5) is 11.8 Å². The number of methoxy groups -OCH3 is 1. The van der Waals surface area contributed by atoms with Gasteiger partial charge in [0.1, 0.15) is 11.6 Å². The van der Waals surface area contributed by atoms with Crippen molar-refractivity contribution in [3.63, 3.8) is 0 Å². The van der Waals surface area contributed by atoms with E-state index in [0.29, 0.717) is 5.95 Å². The van der Waals surface area contributed by atoms with Gasteiger partial charge in [-0.1, -0.05) is 12.1 Å². The molecule has 20 heavy (non-hydrogen) atoms. The van der Waals surface area contributed by atoms with Crippen molar-refractivity contribution in [2.75, 3.05) is 31.3 Å². The molecular weight excluding hydrogens is 252 g/mol. The molecule has 1 aromatic carbocycles. The van der Waals surface area contributed by atoms with Gasteiger partial charge in [-0.25, -0.2) is 4.98 Å². The van der Waals surface area contributed by atoms with Crippen LogP contribution in [-0.2, 0) is 6.42 Å². The van der Waals surface area contributed by atoms with Crippen LogP contribution in [0.25, 0.3) is 0 Å². The third-order valence-electron chi connectivity index (χ3n) is 3.06. The summed E-state index contributed by atoms with van der Waals surface area (Å²) in [6.07, 6.45) is 2.75. The Kier molecular flexibility index (Phi) is 4.76. The van der Waals surface area contributed by atoms with E-state index < -0.39 is 0 Å². The van der Waals surface area contributed by atoms with Crippen molar-refractivity contribution in [3.05, 3.63) is 41.6 Å². The Hall–Kier alpha value is -2.30. The van der Waals surface area contributed by atoms with Gasteiger partial charge >= 0.3 is 0 Å². The van der Waals surface area contributed by atoms with Crippen LogP contribution in [0.3, 0.4) is 0 Å². The van der Waals surface area contributed by atoms with E-state index in [1.54, 1.807) is 7.11 Å². The molecule has 0 radical (unpaired) electrons. The monoisotopic (exact) mass is 272 g/mol. The zero-order valence-corrected chi connectivity index (χ0v) is 12.1. The molecule has 0 aliphatic heterocycles. The zero-order valence-electron chi connectivity index (χ0n) is 12.1. The molecule has 0 unspecified atom stereocenters. The maximum atomic E-state index is 5.14. The summed E-state index contributed by atoms with van der Waals surface area (Å²) in [4.78, 5) is 8.56. The van der Waals surface area contributed by atoms with Gasteiger partial charge in [-0.15, -0.1) is 0 Å². The first-order chi connectivity index (χ1) is 9.72. The summed E-state index contributed by atoms with van der Waals surface area (Å²) in [5.41, 5.74) is 2.30. The van der Waals surface area contributed by atoms with E-state index in [-0.39, 0.29) is 0 Å². The predicted molar refractivity (Wildman–Crippen MR) is 81.5 cm³/mol. The number of aromatic nitrogens is 2. The van der Waals surface area contributed by atoms with E-state index >= 15 is 0 Å². The fraction of sp³-hybridized carbons (Fsp3) is 0.333. The molecule has 2 aromatic rings. The lowest BCUT2D eigenvalue weighted by molar-refractivity contribution is 0.414. The van der Waals surface area contributed by atoms with Gasteiger partial charge in [0.15, 0.2) is 0 Å². The summed E-state index contributed by atoms with van der Waals surface area (Å²) in [6.45, 7) is 2.82. The number of ether oxygens (including phenoxy) is 1. The fourth-order valence-corrected chi connectivity index (χ4v) is 1.86. The minimum atomic E-state index is 0.627. The highest BCUT2D eigenvalue weighted by atomic mass is 16.5. The van der Waals surface area contributed by atoms with E-state index in [1.165, 1.54) is 5.56 Å². The molecule has 1 heterocycles. The normalized spacial score (nSPS) is 10.2. The number of anilines is 2. The number of nitrogens with one attached hydrogen (secondary N) is 2. The van der Waals surface area contributed by atoms with Crippen LogP contribution in [0.1, 0.15) is 11.1 Å². The molecule has 0 aliphatic carbocycles. The fourth-order valence-electron chi connectivity index (χ4n) is 1.86. The maximum Gasteiger partial charge on any atom is 0.224 e. The van der Waals surface area contributed by atoms with Crippen molar-refractivity contribution in [3.8, 4) is 5.75 Å². The minimum Gasteiger partial charge on any atom is -0.497 e. The molecule has 0 spiro atoms. The molecule has 1 aromatic heterocycles. The lowest BCUT2D eigenvalue weighted by Crippen LogP contribution is -2.09. The molecule has 106 valence electrons. The molecule has 0 saturated heterocycles. The average Bonchev–Trinajstić information content (AvgIpc) is 2.50. The van der Waals surface area contributed by atoms with Crippen molar-refractivity contribution in [1.29, 1.82) is 0 Å². The van der Waals surface area contributed by atoms with Crippen LogP contribution in [0, 0.1) is 6.92 Å². The van der Waals surface area contributed by atoms with Crippen molar-refractivity contribution >= 4 is 11.8 Å².